The lowest BCUT2D eigenvalue weighted by molar-refractivity contribution is -0.137. The molecule has 1 aliphatic rings. The van der Waals surface area contributed by atoms with Crippen LogP contribution in [0.3, 0.4) is 0 Å². The molecule has 1 unspecified atom stereocenters. The van der Waals surface area contributed by atoms with Gasteiger partial charge in [-0.2, -0.15) is 13.2 Å². The Bertz CT molecular complexity index is 549. The van der Waals surface area contributed by atoms with Crippen molar-refractivity contribution in [3.63, 3.8) is 0 Å². The number of alkyl halides is 3. The van der Waals surface area contributed by atoms with Gasteiger partial charge in [-0.1, -0.05) is 26.0 Å². The lowest BCUT2D eigenvalue weighted by Gasteiger charge is -2.26. The van der Waals surface area contributed by atoms with Crippen molar-refractivity contribution in [3.05, 3.63) is 35.4 Å². The molecule has 2 rings (SSSR count). The first-order valence-electron chi connectivity index (χ1n) is 8.97. The second-order valence-corrected chi connectivity index (χ2v) is 7.01. The Morgan fingerprint density at radius 3 is 2.28 bits per heavy atom. The number of halogens is 3. The van der Waals surface area contributed by atoms with Gasteiger partial charge >= 0.3 is 6.18 Å². The fourth-order valence-corrected chi connectivity index (χ4v) is 3.15. The zero-order valence-corrected chi connectivity index (χ0v) is 14.9. The predicted molar refractivity (Wildman–Crippen MR) is 92.2 cm³/mol. The van der Waals surface area contributed by atoms with Crippen LogP contribution in [-0.4, -0.2) is 36.5 Å². The molecule has 3 nitrogen and oxygen atoms in total. The number of amides is 1. The summed E-state index contributed by atoms with van der Waals surface area (Å²) in [5.74, 6) is 0.376. The van der Waals surface area contributed by atoms with Gasteiger partial charge in [-0.05, 0) is 55.8 Å². The molecule has 1 amide bonds. The van der Waals surface area contributed by atoms with Crippen molar-refractivity contribution in [2.45, 2.75) is 51.7 Å². The molecule has 25 heavy (non-hydrogen) atoms. The van der Waals surface area contributed by atoms with E-state index in [9.17, 15) is 18.0 Å². The van der Waals surface area contributed by atoms with E-state index in [2.05, 4.69) is 5.32 Å². The highest BCUT2D eigenvalue weighted by molar-refractivity contribution is 5.82. The lowest BCUT2D eigenvalue weighted by Crippen LogP contribution is -2.48. The number of hydrogen-bond acceptors (Lipinski definition) is 2. The minimum absolute atomic E-state index is 0.169. The van der Waals surface area contributed by atoms with Gasteiger partial charge < -0.3 is 10.2 Å². The van der Waals surface area contributed by atoms with Crippen LogP contribution in [0.4, 0.5) is 13.2 Å². The number of nitrogens with one attached hydrogen (secondary N) is 1. The molecule has 0 bridgehead atoms. The number of benzene rings is 1. The highest BCUT2D eigenvalue weighted by atomic mass is 19.4. The first kappa shape index (κ1) is 19.8. The molecule has 1 heterocycles. The van der Waals surface area contributed by atoms with Crippen LogP contribution in [0.1, 0.15) is 44.2 Å². The van der Waals surface area contributed by atoms with Crippen LogP contribution >= 0.6 is 0 Å². The fraction of sp³-hybridized carbons (Fsp3) is 0.632. The molecular formula is C19H27F3N2O. The first-order chi connectivity index (χ1) is 11.8. The molecule has 1 atom stereocenters. The molecule has 0 aliphatic carbocycles. The molecule has 1 fully saturated rings. The van der Waals surface area contributed by atoms with Crippen molar-refractivity contribution < 1.29 is 18.0 Å². The molecule has 1 saturated heterocycles. The maximum Gasteiger partial charge on any atom is 0.416 e. The lowest BCUT2D eigenvalue weighted by atomic mass is 10.0. The van der Waals surface area contributed by atoms with E-state index in [0.29, 0.717) is 13.0 Å². The van der Waals surface area contributed by atoms with E-state index in [1.165, 1.54) is 12.1 Å². The minimum Gasteiger partial charge on any atom is -0.341 e. The Balaban J connectivity index is 1.79. The van der Waals surface area contributed by atoms with E-state index in [1.807, 2.05) is 18.7 Å². The summed E-state index contributed by atoms with van der Waals surface area (Å²) in [4.78, 5) is 14.5. The standard InChI is InChI=1S/C19H27F3N2O/c1-14(2)17(18(25)24-12-3-4-13-24)23-11-5-6-15-7-9-16(10-8-15)19(20,21)22/h7-10,14,17,23H,3-6,11-13H2,1-2H3. The van der Waals surface area contributed by atoms with Crippen molar-refractivity contribution in [2.24, 2.45) is 5.92 Å². The van der Waals surface area contributed by atoms with Crippen LogP contribution in [0, 0.1) is 5.92 Å². The van der Waals surface area contributed by atoms with E-state index >= 15 is 0 Å². The van der Waals surface area contributed by atoms with Crippen LogP contribution in [0.5, 0.6) is 0 Å². The van der Waals surface area contributed by atoms with Crippen LogP contribution in [0.15, 0.2) is 24.3 Å². The van der Waals surface area contributed by atoms with Gasteiger partial charge in [-0.3, -0.25) is 4.79 Å². The zero-order valence-electron chi connectivity index (χ0n) is 14.9. The maximum absolute atomic E-state index is 12.5. The third-order valence-corrected chi connectivity index (χ3v) is 4.64. The van der Waals surface area contributed by atoms with Crippen LogP contribution in [0.25, 0.3) is 0 Å². The highest BCUT2D eigenvalue weighted by Gasteiger charge is 2.30. The number of carbonyl (C=O) groups excluding carboxylic acids is 1. The van der Waals surface area contributed by atoms with E-state index < -0.39 is 11.7 Å². The van der Waals surface area contributed by atoms with Crippen molar-refractivity contribution in [3.8, 4) is 0 Å². The second-order valence-electron chi connectivity index (χ2n) is 7.01. The number of carbonyl (C=O) groups is 1. The highest BCUT2D eigenvalue weighted by Crippen LogP contribution is 2.29. The average Bonchev–Trinajstić information content (AvgIpc) is 3.08. The van der Waals surface area contributed by atoms with Gasteiger partial charge in [0.15, 0.2) is 0 Å². The number of aryl methyl sites for hydroxylation is 1. The molecule has 1 aromatic carbocycles. The molecule has 1 aliphatic heterocycles. The van der Waals surface area contributed by atoms with E-state index in [1.54, 1.807) is 0 Å². The minimum atomic E-state index is -4.29. The van der Waals surface area contributed by atoms with Crippen LogP contribution < -0.4 is 5.32 Å². The summed E-state index contributed by atoms with van der Waals surface area (Å²) in [6, 6.07) is 5.11. The topological polar surface area (TPSA) is 32.3 Å². The summed E-state index contributed by atoms with van der Waals surface area (Å²) in [5.41, 5.74) is 0.257. The Labute approximate surface area is 147 Å². The molecule has 1 N–H and O–H groups in total. The van der Waals surface area contributed by atoms with Gasteiger partial charge in [0.1, 0.15) is 0 Å². The van der Waals surface area contributed by atoms with Crippen molar-refractivity contribution in [1.82, 2.24) is 10.2 Å². The molecule has 0 saturated carbocycles. The average molecular weight is 356 g/mol. The Morgan fingerprint density at radius 2 is 1.76 bits per heavy atom. The van der Waals surface area contributed by atoms with Gasteiger partial charge in [-0.25, -0.2) is 0 Å². The summed E-state index contributed by atoms with van der Waals surface area (Å²) < 4.78 is 37.6. The molecule has 0 aromatic heterocycles. The Hall–Kier alpha value is -1.56. The Morgan fingerprint density at radius 1 is 1.16 bits per heavy atom. The van der Waals surface area contributed by atoms with Crippen LogP contribution in [-0.2, 0) is 17.4 Å². The largest absolute Gasteiger partial charge is 0.416 e. The molecule has 140 valence electrons. The molecule has 6 heteroatoms. The monoisotopic (exact) mass is 356 g/mol. The van der Waals surface area contributed by atoms with Crippen molar-refractivity contribution in [1.29, 1.82) is 0 Å². The van der Waals surface area contributed by atoms with Crippen molar-refractivity contribution >= 4 is 5.91 Å². The third kappa shape index (κ3) is 5.73. The zero-order chi connectivity index (χ0) is 18.4. The molecule has 0 radical (unpaired) electrons. The summed E-state index contributed by atoms with van der Waals surface area (Å²) in [7, 11) is 0. The predicted octanol–water partition coefficient (Wildman–Crippen LogP) is 3.87. The van der Waals surface area contributed by atoms with E-state index in [0.717, 1.165) is 50.0 Å². The van der Waals surface area contributed by atoms with E-state index in [-0.39, 0.29) is 17.9 Å². The Kier molecular flexibility index (Phi) is 6.87. The van der Waals surface area contributed by atoms with Gasteiger partial charge in [0.2, 0.25) is 5.91 Å². The fourth-order valence-electron chi connectivity index (χ4n) is 3.15. The summed E-state index contributed by atoms with van der Waals surface area (Å²) >= 11 is 0. The maximum atomic E-state index is 12.5. The smallest absolute Gasteiger partial charge is 0.341 e. The number of nitrogens with zero attached hydrogens (tertiary/aromatic N) is 1. The van der Waals surface area contributed by atoms with Gasteiger partial charge in [0, 0.05) is 13.1 Å². The normalized spacial score (nSPS) is 16.5. The molecule has 1 aromatic rings. The molecule has 0 spiro atoms. The number of likely N-dealkylation sites (tertiary alicyclic amines) is 1. The van der Waals surface area contributed by atoms with Crippen LogP contribution in [0.2, 0.25) is 0 Å². The quantitative estimate of drug-likeness (QED) is 0.752. The number of hydrogen-bond donors (Lipinski definition) is 1. The second kappa shape index (κ2) is 8.70. The summed E-state index contributed by atoms with van der Waals surface area (Å²) in [6.45, 7) is 6.41. The summed E-state index contributed by atoms with van der Waals surface area (Å²) in [6.07, 6.45) is -0.675. The SMILES string of the molecule is CC(C)C(NCCCc1ccc(C(F)(F)F)cc1)C(=O)N1CCCC1. The van der Waals surface area contributed by atoms with Crippen molar-refractivity contribution in [2.75, 3.05) is 19.6 Å². The molecular weight excluding hydrogens is 329 g/mol. The van der Waals surface area contributed by atoms with Gasteiger partial charge in [0.05, 0.1) is 11.6 Å². The summed E-state index contributed by atoms with van der Waals surface area (Å²) in [5, 5.41) is 3.33. The van der Waals surface area contributed by atoms with E-state index in [4.69, 9.17) is 0 Å². The van der Waals surface area contributed by atoms with Gasteiger partial charge in [-0.15, -0.1) is 0 Å². The third-order valence-electron chi connectivity index (χ3n) is 4.64. The first-order valence-corrected chi connectivity index (χ1v) is 8.97. The number of rotatable bonds is 7. The van der Waals surface area contributed by atoms with Gasteiger partial charge in [0.25, 0.3) is 0 Å².